The lowest BCUT2D eigenvalue weighted by Crippen LogP contribution is -2.25. The summed E-state index contributed by atoms with van der Waals surface area (Å²) >= 11 is 0. The Morgan fingerprint density at radius 3 is 2.36 bits per heavy atom. The summed E-state index contributed by atoms with van der Waals surface area (Å²) in [5.41, 5.74) is 10.2. The highest BCUT2D eigenvalue weighted by Gasteiger charge is 2.26. The van der Waals surface area contributed by atoms with E-state index < -0.39 is 17.3 Å². The number of aromatic nitrogens is 6. The number of halogens is 1. The predicted octanol–water partition coefficient (Wildman–Crippen LogP) is 7.29. The van der Waals surface area contributed by atoms with E-state index in [-0.39, 0.29) is 23.1 Å². The monoisotopic (exact) mass is 707 g/mol. The zero-order valence-corrected chi connectivity index (χ0v) is 28.3. The summed E-state index contributed by atoms with van der Waals surface area (Å²) in [6.45, 7) is 0. The van der Waals surface area contributed by atoms with Crippen molar-refractivity contribution in [2.75, 3.05) is 16.4 Å². The van der Waals surface area contributed by atoms with Crippen LogP contribution in [0.2, 0.25) is 0 Å². The lowest BCUT2D eigenvalue weighted by atomic mass is 10.0. The summed E-state index contributed by atoms with van der Waals surface area (Å²) < 4.78 is 30.8. The molecule has 0 fully saturated rings. The van der Waals surface area contributed by atoms with E-state index in [0.717, 1.165) is 16.8 Å². The highest BCUT2D eigenvalue weighted by molar-refractivity contribution is 6.05. The van der Waals surface area contributed by atoms with E-state index in [4.69, 9.17) is 24.9 Å². The highest BCUT2D eigenvalue weighted by Crippen LogP contribution is 2.45. The van der Waals surface area contributed by atoms with E-state index >= 15 is 0 Å². The van der Waals surface area contributed by atoms with Crippen molar-refractivity contribution in [2.24, 2.45) is 14.1 Å². The second kappa shape index (κ2) is 13.3. The van der Waals surface area contributed by atoms with Crippen LogP contribution in [-0.2, 0) is 14.1 Å². The molecule has 262 valence electrons. The largest absolute Gasteiger partial charge is 0.438 e. The molecular formula is C39H30FN9O4. The molecule has 0 spiro atoms. The molecule has 0 aliphatic heterocycles. The van der Waals surface area contributed by atoms with E-state index in [1.807, 2.05) is 61.8 Å². The SMILES string of the molecule is Cn1cc(-c2oc3nc(Nc4ccccc4)nc(Oc4ccc(NC(=O)c5cn(C)n(-c6ccc(F)cc6)c5=O)cc4)c3c2-c2cccc(N)c2)cn1. The number of carbonyl (C=O) groups is 1. The fourth-order valence-electron chi connectivity index (χ4n) is 5.97. The number of hydrogen-bond donors (Lipinski definition) is 3. The Kier molecular flexibility index (Phi) is 8.23. The average Bonchev–Trinajstić information content (AvgIpc) is 3.84. The first-order valence-electron chi connectivity index (χ1n) is 16.4. The van der Waals surface area contributed by atoms with Gasteiger partial charge in [-0.25, -0.2) is 9.07 Å². The molecule has 4 aromatic carbocycles. The van der Waals surface area contributed by atoms with Gasteiger partial charge < -0.3 is 25.5 Å². The maximum absolute atomic E-state index is 13.5. The molecule has 0 bridgehead atoms. The van der Waals surface area contributed by atoms with Crippen LogP contribution in [0.5, 0.6) is 11.6 Å². The number of ether oxygens (including phenoxy) is 1. The number of nitrogens with one attached hydrogen (secondary N) is 2. The summed E-state index contributed by atoms with van der Waals surface area (Å²) in [5, 5.41) is 10.8. The first-order valence-corrected chi connectivity index (χ1v) is 16.4. The Balaban J connectivity index is 1.15. The van der Waals surface area contributed by atoms with Gasteiger partial charge >= 0.3 is 0 Å². The van der Waals surface area contributed by atoms with Crippen molar-refractivity contribution in [2.45, 2.75) is 0 Å². The molecule has 0 aliphatic carbocycles. The molecule has 0 atom stereocenters. The minimum atomic E-state index is -0.609. The Bertz CT molecular complexity index is 2680. The molecule has 0 radical (unpaired) electrons. The number of nitrogen functional groups attached to an aromatic ring is 1. The molecule has 4 heterocycles. The molecule has 8 rings (SSSR count). The summed E-state index contributed by atoms with van der Waals surface area (Å²) in [6, 6.07) is 28.9. The second-order valence-electron chi connectivity index (χ2n) is 12.1. The summed E-state index contributed by atoms with van der Waals surface area (Å²) in [7, 11) is 3.44. The normalized spacial score (nSPS) is 11.2. The van der Waals surface area contributed by atoms with Crippen molar-refractivity contribution < 1.29 is 18.3 Å². The lowest BCUT2D eigenvalue weighted by molar-refractivity contribution is 0.102. The number of para-hydroxylation sites is 1. The Morgan fingerprint density at radius 1 is 0.868 bits per heavy atom. The lowest BCUT2D eigenvalue weighted by Gasteiger charge is -2.11. The number of benzene rings is 4. The van der Waals surface area contributed by atoms with Crippen LogP contribution < -0.4 is 26.7 Å². The van der Waals surface area contributed by atoms with Gasteiger partial charge in [0, 0.05) is 49.1 Å². The van der Waals surface area contributed by atoms with Gasteiger partial charge in [-0.1, -0.05) is 30.3 Å². The average molecular weight is 708 g/mol. The molecule has 53 heavy (non-hydrogen) atoms. The molecular weight excluding hydrogens is 677 g/mol. The van der Waals surface area contributed by atoms with Gasteiger partial charge in [0.1, 0.15) is 28.3 Å². The number of carbonyl (C=O) groups excluding carboxylic acids is 1. The third-order valence-corrected chi connectivity index (χ3v) is 8.39. The Morgan fingerprint density at radius 2 is 1.64 bits per heavy atom. The smallest absolute Gasteiger partial charge is 0.284 e. The van der Waals surface area contributed by atoms with Crippen molar-refractivity contribution in [3.63, 3.8) is 0 Å². The number of nitrogens with two attached hydrogens (primary N) is 1. The molecule has 1 amide bonds. The summed E-state index contributed by atoms with van der Waals surface area (Å²) in [6.07, 6.45) is 4.96. The molecule has 0 unspecified atom stereocenters. The van der Waals surface area contributed by atoms with Crippen molar-refractivity contribution in [3.8, 4) is 39.8 Å². The van der Waals surface area contributed by atoms with E-state index in [0.29, 0.717) is 39.5 Å². The molecule has 0 aliphatic rings. The highest BCUT2D eigenvalue weighted by atomic mass is 19.1. The number of fused-ring (bicyclic) bond motifs is 1. The van der Waals surface area contributed by atoms with Crippen molar-refractivity contribution in [1.29, 1.82) is 0 Å². The number of amides is 1. The van der Waals surface area contributed by atoms with Gasteiger partial charge in [0.2, 0.25) is 17.5 Å². The third-order valence-electron chi connectivity index (χ3n) is 8.39. The molecule has 0 saturated heterocycles. The standard InChI is InChI=1S/C39H30FN9O4/c1-47-21-24(20-42-47)34-32(23-7-6-8-26(41)19-23)33-36(45-39(46-37(33)53-34)44-27-9-4-3-5-10-27)52-30-17-13-28(14-18-30)43-35(50)31-22-48(2)49(38(31)51)29-15-11-25(40)12-16-29/h3-22H,41H2,1-2H3,(H,43,50)(H,44,45,46). The molecule has 8 aromatic rings. The van der Waals surface area contributed by atoms with Crippen molar-refractivity contribution in [3.05, 3.63) is 143 Å². The van der Waals surface area contributed by atoms with Gasteiger partial charge in [0.25, 0.3) is 11.5 Å². The molecule has 14 heteroatoms. The maximum atomic E-state index is 13.5. The number of anilines is 4. The summed E-state index contributed by atoms with van der Waals surface area (Å²) in [5.74, 6) is 0.301. The van der Waals surface area contributed by atoms with Gasteiger partial charge in [0.05, 0.1) is 17.4 Å². The predicted molar refractivity (Wildman–Crippen MR) is 199 cm³/mol. The fourth-order valence-corrected chi connectivity index (χ4v) is 5.97. The number of furan rings is 1. The van der Waals surface area contributed by atoms with E-state index in [9.17, 15) is 14.0 Å². The first kappa shape index (κ1) is 32.7. The number of hydrogen-bond acceptors (Lipinski definition) is 9. The Labute approximate surface area is 300 Å². The van der Waals surface area contributed by atoms with Crippen molar-refractivity contribution in [1.82, 2.24) is 29.1 Å². The fraction of sp³-hybridized carbons (Fsp3) is 0.0513. The van der Waals surface area contributed by atoms with Crippen LogP contribution in [0.1, 0.15) is 10.4 Å². The van der Waals surface area contributed by atoms with Crippen LogP contribution in [0.15, 0.2) is 131 Å². The molecule has 13 nitrogen and oxygen atoms in total. The number of rotatable bonds is 9. The molecule has 0 saturated carbocycles. The van der Waals surface area contributed by atoms with Crippen molar-refractivity contribution >= 4 is 40.0 Å². The Hall–Kier alpha value is -7.48. The minimum absolute atomic E-state index is 0.0857. The van der Waals surface area contributed by atoms with E-state index in [2.05, 4.69) is 15.7 Å². The maximum Gasteiger partial charge on any atom is 0.284 e. The van der Waals surface area contributed by atoms with Gasteiger partial charge in [-0.05, 0) is 78.4 Å². The zero-order valence-electron chi connectivity index (χ0n) is 28.3. The topological polar surface area (TPSA) is 160 Å². The number of aryl methyl sites for hydroxylation is 2. The van der Waals surface area contributed by atoms with Crippen LogP contribution in [0.3, 0.4) is 0 Å². The second-order valence-corrected chi connectivity index (χ2v) is 12.1. The van der Waals surface area contributed by atoms with Gasteiger partial charge in [-0.3, -0.25) is 19.0 Å². The van der Waals surface area contributed by atoms with Gasteiger partial charge in [-0.15, -0.1) is 0 Å². The zero-order chi connectivity index (χ0) is 36.6. The van der Waals surface area contributed by atoms with E-state index in [1.165, 1.54) is 39.8 Å². The third kappa shape index (κ3) is 6.47. The van der Waals surface area contributed by atoms with Crippen LogP contribution in [-0.4, -0.2) is 35.0 Å². The van der Waals surface area contributed by atoms with Gasteiger partial charge in [-0.2, -0.15) is 15.1 Å². The van der Waals surface area contributed by atoms with Gasteiger partial charge in [0.15, 0.2) is 0 Å². The van der Waals surface area contributed by atoms with Crippen LogP contribution in [0.4, 0.5) is 27.4 Å². The quantitative estimate of drug-likeness (QED) is 0.131. The molecule has 4 N–H and O–H groups in total. The van der Waals surface area contributed by atoms with Crippen LogP contribution in [0, 0.1) is 5.82 Å². The minimum Gasteiger partial charge on any atom is -0.438 e. The van der Waals surface area contributed by atoms with Crippen LogP contribution >= 0.6 is 0 Å². The van der Waals surface area contributed by atoms with E-state index in [1.54, 1.807) is 48.3 Å². The first-order chi connectivity index (χ1) is 25.7. The molecule has 4 aromatic heterocycles. The number of nitrogens with zero attached hydrogens (tertiary/aromatic N) is 6. The summed E-state index contributed by atoms with van der Waals surface area (Å²) in [4.78, 5) is 35.9. The van der Waals surface area contributed by atoms with Crippen LogP contribution in [0.25, 0.3) is 39.2 Å².